The fourth-order valence-corrected chi connectivity index (χ4v) is 2.18. The molecule has 1 fully saturated rings. The Morgan fingerprint density at radius 1 is 1.19 bits per heavy atom. The van der Waals surface area contributed by atoms with Gasteiger partial charge >= 0.3 is 0 Å². The first-order valence-electron chi connectivity index (χ1n) is 7.33. The van der Waals surface area contributed by atoms with Crippen LogP contribution in [0.4, 0.5) is 0 Å². The van der Waals surface area contributed by atoms with Crippen LogP contribution >= 0.6 is 0 Å². The first-order valence-corrected chi connectivity index (χ1v) is 7.33. The van der Waals surface area contributed by atoms with Gasteiger partial charge < -0.3 is 19.2 Å². The average Bonchev–Trinajstić information content (AvgIpc) is 3.27. The van der Waals surface area contributed by atoms with E-state index in [1.54, 1.807) is 7.11 Å². The fraction of sp³-hybridized carbons (Fsp3) is 0.412. The van der Waals surface area contributed by atoms with E-state index < -0.39 is 0 Å². The molecular formula is C17H21NO3. The Kier molecular flexibility index (Phi) is 4.15. The van der Waals surface area contributed by atoms with Gasteiger partial charge in [-0.05, 0) is 50.1 Å². The quantitative estimate of drug-likeness (QED) is 0.847. The largest absolute Gasteiger partial charge is 0.497 e. The van der Waals surface area contributed by atoms with Crippen LogP contribution in [0, 0.1) is 6.92 Å². The highest BCUT2D eigenvalue weighted by Crippen LogP contribution is 2.22. The van der Waals surface area contributed by atoms with Crippen LogP contribution in [0.2, 0.25) is 0 Å². The maximum absolute atomic E-state index is 5.79. The van der Waals surface area contributed by atoms with Gasteiger partial charge in [0.2, 0.25) is 0 Å². The molecule has 1 aromatic heterocycles. The van der Waals surface area contributed by atoms with Crippen molar-refractivity contribution in [3.63, 3.8) is 0 Å². The van der Waals surface area contributed by atoms with Crippen LogP contribution in [0.15, 0.2) is 34.7 Å². The highest BCUT2D eigenvalue weighted by Gasteiger charge is 2.20. The van der Waals surface area contributed by atoms with Crippen LogP contribution < -0.4 is 14.8 Å². The summed E-state index contributed by atoms with van der Waals surface area (Å²) in [5, 5.41) is 3.45. The molecule has 1 saturated carbocycles. The minimum Gasteiger partial charge on any atom is -0.497 e. The van der Waals surface area contributed by atoms with Gasteiger partial charge in [0.1, 0.15) is 29.6 Å². The maximum Gasteiger partial charge on any atom is 0.120 e. The molecule has 1 N–H and O–H groups in total. The molecule has 0 atom stereocenters. The summed E-state index contributed by atoms with van der Waals surface area (Å²) in [5.74, 6) is 3.56. The van der Waals surface area contributed by atoms with Crippen molar-refractivity contribution in [2.75, 3.05) is 7.11 Å². The number of rotatable bonds is 7. The van der Waals surface area contributed by atoms with Gasteiger partial charge in [-0.15, -0.1) is 0 Å². The van der Waals surface area contributed by atoms with E-state index >= 15 is 0 Å². The van der Waals surface area contributed by atoms with Crippen molar-refractivity contribution in [1.29, 1.82) is 0 Å². The van der Waals surface area contributed by atoms with Gasteiger partial charge in [0.15, 0.2) is 0 Å². The predicted octanol–water partition coefficient (Wildman–Crippen LogP) is 3.43. The summed E-state index contributed by atoms with van der Waals surface area (Å²) in [4.78, 5) is 0. The van der Waals surface area contributed by atoms with E-state index in [0.717, 1.165) is 35.1 Å². The third kappa shape index (κ3) is 3.79. The first-order chi connectivity index (χ1) is 10.2. The van der Waals surface area contributed by atoms with E-state index in [4.69, 9.17) is 13.9 Å². The molecule has 1 aliphatic carbocycles. The zero-order valence-corrected chi connectivity index (χ0v) is 12.5. The smallest absolute Gasteiger partial charge is 0.120 e. The summed E-state index contributed by atoms with van der Waals surface area (Å²) >= 11 is 0. The predicted molar refractivity (Wildman–Crippen MR) is 80.6 cm³/mol. The Hall–Kier alpha value is -1.94. The standard InChI is InChI=1S/C17H21NO3/c1-12-13(9-17(21-12)10-18-14-3-4-14)11-20-16-7-5-15(19-2)6-8-16/h5-9,14,18H,3-4,10-11H2,1-2H3. The van der Waals surface area contributed by atoms with Crippen molar-refractivity contribution < 1.29 is 13.9 Å². The molecule has 0 amide bonds. The Morgan fingerprint density at radius 3 is 2.57 bits per heavy atom. The molecule has 4 nitrogen and oxygen atoms in total. The third-order valence-electron chi connectivity index (χ3n) is 3.67. The molecule has 4 heteroatoms. The summed E-state index contributed by atoms with van der Waals surface area (Å²) in [5.41, 5.74) is 1.10. The molecule has 0 saturated heterocycles. The maximum atomic E-state index is 5.79. The molecule has 0 bridgehead atoms. The minimum absolute atomic E-state index is 0.519. The van der Waals surface area contributed by atoms with Crippen molar-refractivity contribution in [3.8, 4) is 11.5 Å². The normalized spacial score (nSPS) is 14.2. The Labute approximate surface area is 125 Å². The van der Waals surface area contributed by atoms with Crippen molar-refractivity contribution in [3.05, 3.63) is 47.4 Å². The van der Waals surface area contributed by atoms with Gasteiger partial charge in [0, 0.05) is 11.6 Å². The van der Waals surface area contributed by atoms with E-state index in [1.807, 2.05) is 31.2 Å². The average molecular weight is 287 g/mol. The van der Waals surface area contributed by atoms with Crippen molar-refractivity contribution in [2.24, 2.45) is 0 Å². The van der Waals surface area contributed by atoms with E-state index in [-0.39, 0.29) is 0 Å². The molecule has 0 spiro atoms. The lowest BCUT2D eigenvalue weighted by molar-refractivity contribution is 0.302. The Bertz CT molecular complexity index is 585. The summed E-state index contributed by atoms with van der Waals surface area (Å²) in [6.45, 7) is 3.30. The fourth-order valence-electron chi connectivity index (χ4n) is 2.18. The second-order valence-electron chi connectivity index (χ2n) is 5.41. The third-order valence-corrected chi connectivity index (χ3v) is 3.67. The molecule has 1 heterocycles. The van der Waals surface area contributed by atoms with Gasteiger partial charge in [0.05, 0.1) is 13.7 Å². The lowest BCUT2D eigenvalue weighted by Gasteiger charge is -2.06. The zero-order chi connectivity index (χ0) is 14.7. The molecule has 2 aromatic rings. The van der Waals surface area contributed by atoms with Gasteiger partial charge in [-0.1, -0.05) is 0 Å². The van der Waals surface area contributed by atoms with Gasteiger partial charge in [-0.2, -0.15) is 0 Å². The SMILES string of the molecule is COc1ccc(OCc2cc(CNC3CC3)oc2C)cc1. The van der Waals surface area contributed by atoms with E-state index in [1.165, 1.54) is 12.8 Å². The van der Waals surface area contributed by atoms with Crippen LogP contribution in [-0.4, -0.2) is 13.2 Å². The Balaban J connectivity index is 1.55. The second kappa shape index (κ2) is 6.22. The highest BCUT2D eigenvalue weighted by atomic mass is 16.5. The minimum atomic E-state index is 0.519. The number of hydrogen-bond donors (Lipinski definition) is 1. The molecule has 3 rings (SSSR count). The number of furan rings is 1. The molecular weight excluding hydrogens is 266 g/mol. The van der Waals surface area contributed by atoms with Crippen molar-refractivity contribution >= 4 is 0 Å². The lowest BCUT2D eigenvalue weighted by Crippen LogP contribution is -2.14. The second-order valence-corrected chi connectivity index (χ2v) is 5.41. The number of hydrogen-bond acceptors (Lipinski definition) is 4. The number of methoxy groups -OCH3 is 1. The van der Waals surface area contributed by atoms with Crippen LogP contribution in [-0.2, 0) is 13.2 Å². The number of benzene rings is 1. The number of nitrogens with one attached hydrogen (secondary N) is 1. The van der Waals surface area contributed by atoms with E-state index in [0.29, 0.717) is 12.6 Å². The molecule has 1 aliphatic rings. The monoisotopic (exact) mass is 287 g/mol. The molecule has 1 aromatic carbocycles. The van der Waals surface area contributed by atoms with Crippen LogP contribution in [0.3, 0.4) is 0 Å². The van der Waals surface area contributed by atoms with Gasteiger partial charge in [0.25, 0.3) is 0 Å². The topological polar surface area (TPSA) is 43.6 Å². The van der Waals surface area contributed by atoms with E-state index in [2.05, 4.69) is 11.4 Å². The number of aryl methyl sites for hydroxylation is 1. The number of ether oxygens (including phenoxy) is 2. The summed E-state index contributed by atoms with van der Waals surface area (Å²) in [6, 6.07) is 10.4. The van der Waals surface area contributed by atoms with Crippen LogP contribution in [0.25, 0.3) is 0 Å². The van der Waals surface area contributed by atoms with Crippen molar-refractivity contribution in [1.82, 2.24) is 5.32 Å². The molecule has 0 aliphatic heterocycles. The Morgan fingerprint density at radius 2 is 1.90 bits per heavy atom. The molecule has 21 heavy (non-hydrogen) atoms. The zero-order valence-electron chi connectivity index (χ0n) is 12.5. The molecule has 0 radical (unpaired) electrons. The van der Waals surface area contributed by atoms with Crippen molar-refractivity contribution in [2.45, 2.75) is 39.0 Å². The molecule has 0 unspecified atom stereocenters. The first kappa shape index (κ1) is 14.0. The highest BCUT2D eigenvalue weighted by molar-refractivity contribution is 5.31. The summed E-state index contributed by atoms with van der Waals surface area (Å²) in [6.07, 6.45) is 2.57. The lowest BCUT2D eigenvalue weighted by atomic mass is 10.2. The van der Waals surface area contributed by atoms with Gasteiger partial charge in [-0.3, -0.25) is 0 Å². The van der Waals surface area contributed by atoms with E-state index in [9.17, 15) is 0 Å². The van der Waals surface area contributed by atoms with Gasteiger partial charge in [-0.25, -0.2) is 0 Å². The summed E-state index contributed by atoms with van der Waals surface area (Å²) in [7, 11) is 1.65. The summed E-state index contributed by atoms with van der Waals surface area (Å²) < 4.78 is 16.7. The molecule has 112 valence electrons. The van der Waals surface area contributed by atoms with Crippen LogP contribution in [0.5, 0.6) is 11.5 Å². The van der Waals surface area contributed by atoms with Crippen LogP contribution in [0.1, 0.15) is 29.9 Å².